The van der Waals surface area contributed by atoms with Crippen LogP contribution in [0.3, 0.4) is 0 Å². The van der Waals surface area contributed by atoms with Crippen molar-refractivity contribution < 1.29 is 17.9 Å². The van der Waals surface area contributed by atoms with Crippen LogP contribution >= 0.6 is 0 Å². The molecule has 2 unspecified atom stereocenters. The summed E-state index contributed by atoms with van der Waals surface area (Å²) < 4.78 is 33.7. The maximum Gasteiger partial charge on any atom is 0.242 e. The van der Waals surface area contributed by atoms with Crippen LogP contribution in [-0.4, -0.2) is 86.5 Å². The van der Waals surface area contributed by atoms with E-state index in [1.165, 1.54) is 16.4 Å². The van der Waals surface area contributed by atoms with Gasteiger partial charge in [-0.25, -0.2) is 13.3 Å². The first-order chi connectivity index (χ1) is 17.7. The lowest BCUT2D eigenvalue weighted by molar-refractivity contribution is -0.118. The summed E-state index contributed by atoms with van der Waals surface area (Å²) in [6, 6.07) is 11.6. The molecule has 0 aliphatic carbocycles. The lowest BCUT2D eigenvalue weighted by atomic mass is 10.1. The standard InChI is InChI=1S/C27H35N5O4S/c1-20-8-9-23(18-30-10-12-36-13-11-30)14-26(20)29-27(33)19-31-16-21(2)32(22(3)17-31)37(34,35)25-7-5-6-24(15-25)28-4/h5-9,14-15,21-22H,10-13,16-19H2,1-3H3,(H,29,33). The molecule has 2 heterocycles. The van der Waals surface area contributed by atoms with Crippen LogP contribution in [0.4, 0.5) is 11.4 Å². The normalized spacial score (nSPS) is 21.9. The summed E-state index contributed by atoms with van der Waals surface area (Å²) in [6.45, 7) is 18.1. The van der Waals surface area contributed by atoms with Crippen molar-refractivity contribution in [1.29, 1.82) is 0 Å². The number of morpholine rings is 1. The molecular weight excluding hydrogens is 490 g/mol. The number of hydrogen-bond donors (Lipinski definition) is 1. The number of nitrogens with zero attached hydrogens (tertiary/aromatic N) is 4. The van der Waals surface area contributed by atoms with Gasteiger partial charge in [-0.1, -0.05) is 24.3 Å². The van der Waals surface area contributed by atoms with E-state index in [0.717, 1.165) is 49.7 Å². The Morgan fingerprint density at radius 1 is 1.08 bits per heavy atom. The van der Waals surface area contributed by atoms with Crippen LogP contribution in [0, 0.1) is 13.5 Å². The molecule has 10 heteroatoms. The second-order valence-corrected chi connectivity index (χ2v) is 11.8. The number of piperazine rings is 1. The number of nitrogens with one attached hydrogen (secondary N) is 1. The predicted octanol–water partition coefficient (Wildman–Crippen LogP) is 3.10. The first kappa shape index (κ1) is 27.2. The van der Waals surface area contributed by atoms with E-state index in [1.54, 1.807) is 12.1 Å². The van der Waals surface area contributed by atoms with Gasteiger partial charge in [-0.2, -0.15) is 4.31 Å². The molecule has 37 heavy (non-hydrogen) atoms. The summed E-state index contributed by atoms with van der Waals surface area (Å²) in [5.74, 6) is -0.118. The van der Waals surface area contributed by atoms with Gasteiger partial charge in [-0.3, -0.25) is 14.6 Å². The molecule has 2 saturated heterocycles. The molecule has 2 atom stereocenters. The van der Waals surface area contributed by atoms with Gasteiger partial charge in [0.1, 0.15) is 0 Å². The molecule has 0 spiro atoms. The smallest absolute Gasteiger partial charge is 0.242 e. The van der Waals surface area contributed by atoms with Crippen LogP contribution in [-0.2, 0) is 26.1 Å². The molecule has 0 radical (unpaired) electrons. The van der Waals surface area contributed by atoms with Gasteiger partial charge in [-0.15, -0.1) is 0 Å². The Labute approximate surface area is 219 Å². The third-order valence-electron chi connectivity index (χ3n) is 6.89. The molecule has 0 saturated carbocycles. The van der Waals surface area contributed by atoms with Gasteiger partial charge in [0, 0.05) is 50.5 Å². The fourth-order valence-electron chi connectivity index (χ4n) is 5.17. The fourth-order valence-corrected chi connectivity index (χ4v) is 7.01. The number of sulfonamides is 1. The lowest BCUT2D eigenvalue weighted by Crippen LogP contribution is -2.59. The van der Waals surface area contributed by atoms with Crippen LogP contribution in [0.15, 0.2) is 47.4 Å². The van der Waals surface area contributed by atoms with Crippen LogP contribution in [0.1, 0.15) is 25.0 Å². The Hall–Kier alpha value is -2.81. The van der Waals surface area contributed by atoms with Gasteiger partial charge in [0.15, 0.2) is 5.69 Å². The average molecular weight is 526 g/mol. The summed E-state index contributed by atoms with van der Waals surface area (Å²) in [5, 5.41) is 3.06. The molecule has 0 aromatic heterocycles. The summed E-state index contributed by atoms with van der Waals surface area (Å²) in [4.78, 5) is 20.8. The van der Waals surface area contributed by atoms with Gasteiger partial charge in [-0.05, 0) is 50.1 Å². The van der Waals surface area contributed by atoms with E-state index in [-0.39, 0.29) is 29.4 Å². The second-order valence-electron chi connectivity index (χ2n) is 9.92. The van der Waals surface area contributed by atoms with Gasteiger partial charge in [0.05, 0.1) is 31.2 Å². The zero-order valence-corrected chi connectivity index (χ0v) is 22.5. The summed E-state index contributed by atoms with van der Waals surface area (Å²) in [6.07, 6.45) is 0. The molecule has 1 N–H and O–H groups in total. The maximum atomic E-state index is 13.4. The number of amides is 1. The average Bonchev–Trinajstić information content (AvgIpc) is 2.86. The Kier molecular flexibility index (Phi) is 8.62. The van der Waals surface area contributed by atoms with E-state index in [1.807, 2.05) is 37.8 Å². The highest BCUT2D eigenvalue weighted by Crippen LogP contribution is 2.27. The van der Waals surface area contributed by atoms with Crippen molar-refractivity contribution >= 4 is 27.3 Å². The Balaban J connectivity index is 1.38. The Morgan fingerprint density at radius 3 is 2.46 bits per heavy atom. The number of rotatable bonds is 7. The predicted molar refractivity (Wildman–Crippen MR) is 143 cm³/mol. The number of carbonyl (C=O) groups excluding carboxylic acids is 1. The van der Waals surface area contributed by atoms with Crippen molar-refractivity contribution in [2.45, 2.75) is 44.3 Å². The van der Waals surface area contributed by atoms with E-state index >= 15 is 0 Å². The Morgan fingerprint density at radius 2 is 1.78 bits per heavy atom. The highest BCUT2D eigenvalue weighted by Gasteiger charge is 2.38. The first-order valence-electron chi connectivity index (χ1n) is 12.6. The number of carbonyl (C=O) groups is 1. The minimum Gasteiger partial charge on any atom is -0.379 e. The van der Waals surface area contributed by atoms with Crippen molar-refractivity contribution in [2.24, 2.45) is 0 Å². The molecule has 198 valence electrons. The number of ether oxygens (including phenoxy) is 1. The molecule has 2 aromatic carbocycles. The molecule has 4 rings (SSSR count). The summed E-state index contributed by atoms with van der Waals surface area (Å²) >= 11 is 0. The van der Waals surface area contributed by atoms with E-state index in [2.05, 4.69) is 21.1 Å². The molecule has 9 nitrogen and oxygen atoms in total. The molecule has 2 aliphatic rings. The van der Waals surface area contributed by atoms with Crippen molar-refractivity contribution in [2.75, 3.05) is 51.3 Å². The van der Waals surface area contributed by atoms with E-state index in [9.17, 15) is 13.2 Å². The fraction of sp³-hybridized carbons (Fsp3) is 0.481. The maximum absolute atomic E-state index is 13.4. The Bertz CT molecular complexity index is 1260. The van der Waals surface area contributed by atoms with Gasteiger partial charge < -0.3 is 10.1 Å². The quantitative estimate of drug-likeness (QED) is 0.559. The minimum absolute atomic E-state index is 0.118. The second kappa shape index (κ2) is 11.7. The van der Waals surface area contributed by atoms with E-state index in [0.29, 0.717) is 18.8 Å². The molecule has 2 aromatic rings. The third-order valence-corrected chi connectivity index (χ3v) is 9.01. The number of hydrogen-bond acceptors (Lipinski definition) is 6. The SMILES string of the molecule is [C-]#[N+]c1cccc(S(=O)(=O)N2C(C)CN(CC(=O)Nc3cc(CN4CCOCC4)ccc3C)CC2C)c1. The first-order valence-corrected chi connectivity index (χ1v) is 14.0. The number of benzene rings is 2. The van der Waals surface area contributed by atoms with Crippen LogP contribution in [0.5, 0.6) is 0 Å². The molecule has 1 amide bonds. The van der Waals surface area contributed by atoms with Crippen LogP contribution in [0.2, 0.25) is 0 Å². The molecule has 2 aliphatic heterocycles. The zero-order valence-electron chi connectivity index (χ0n) is 21.7. The van der Waals surface area contributed by atoms with Crippen molar-refractivity contribution in [3.05, 3.63) is 65.0 Å². The van der Waals surface area contributed by atoms with Crippen LogP contribution in [0.25, 0.3) is 4.85 Å². The molecule has 2 fully saturated rings. The van der Waals surface area contributed by atoms with Crippen LogP contribution < -0.4 is 5.32 Å². The summed E-state index contributed by atoms with van der Waals surface area (Å²) in [5.41, 5.74) is 3.24. The van der Waals surface area contributed by atoms with Crippen molar-refractivity contribution in [1.82, 2.24) is 14.1 Å². The number of aryl methyl sites for hydroxylation is 1. The number of anilines is 1. The largest absolute Gasteiger partial charge is 0.379 e. The van der Waals surface area contributed by atoms with Gasteiger partial charge >= 0.3 is 0 Å². The minimum atomic E-state index is -3.77. The highest BCUT2D eigenvalue weighted by atomic mass is 32.2. The summed E-state index contributed by atoms with van der Waals surface area (Å²) in [7, 11) is -3.77. The monoisotopic (exact) mass is 525 g/mol. The van der Waals surface area contributed by atoms with Crippen molar-refractivity contribution in [3.8, 4) is 0 Å². The zero-order chi connectivity index (χ0) is 26.6. The van der Waals surface area contributed by atoms with Gasteiger partial charge in [0.25, 0.3) is 0 Å². The van der Waals surface area contributed by atoms with Gasteiger partial charge in [0.2, 0.25) is 15.9 Å². The van der Waals surface area contributed by atoms with Crippen molar-refractivity contribution in [3.63, 3.8) is 0 Å². The molecular formula is C27H35N5O4S. The van der Waals surface area contributed by atoms with E-state index in [4.69, 9.17) is 11.3 Å². The highest BCUT2D eigenvalue weighted by molar-refractivity contribution is 7.89. The topological polar surface area (TPSA) is 86.5 Å². The molecule has 0 bridgehead atoms. The lowest BCUT2D eigenvalue weighted by Gasteiger charge is -2.43. The van der Waals surface area contributed by atoms with E-state index < -0.39 is 10.0 Å². The third kappa shape index (κ3) is 6.55.